The smallest absolute Gasteiger partial charge is 0.338 e. The van der Waals surface area contributed by atoms with Crippen molar-refractivity contribution in [2.45, 2.75) is 20.0 Å². The molecule has 6 nitrogen and oxygen atoms in total. The van der Waals surface area contributed by atoms with Crippen molar-refractivity contribution < 1.29 is 14.3 Å². The van der Waals surface area contributed by atoms with Crippen LogP contribution in [0.4, 0.5) is 5.69 Å². The van der Waals surface area contributed by atoms with Gasteiger partial charge in [0, 0.05) is 31.9 Å². The van der Waals surface area contributed by atoms with Gasteiger partial charge in [-0.25, -0.2) is 4.79 Å². The fraction of sp³-hybridized carbons (Fsp3) is 0.364. The molecule has 1 heterocycles. The Morgan fingerprint density at radius 3 is 2.66 bits per heavy atom. The topological polar surface area (TPSA) is 62.8 Å². The Hall–Kier alpha value is -2.48. The van der Waals surface area contributed by atoms with Gasteiger partial charge in [-0.2, -0.15) is 0 Å². The van der Waals surface area contributed by atoms with Gasteiger partial charge >= 0.3 is 5.97 Å². The Labute approximate surface area is 177 Å². The van der Waals surface area contributed by atoms with Crippen molar-refractivity contribution >= 4 is 29.0 Å². The minimum Gasteiger partial charge on any atom is -0.462 e. The van der Waals surface area contributed by atoms with Crippen LogP contribution in [0.3, 0.4) is 0 Å². The number of carbonyl (C=O) groups excluding carboxylic acids is 1. The quantitative estimate of drug-likeness (QED) is 0.534. The van der Waals surface area contributed by atoms with Crippen LogP contribution >= 0.6 is 12.2 Å². The van der Waals surface area contributed by atoms with Crippen molar-refractivity contribution in [2.75, 3.05) is 38.2 Å². The van der Waals surface area contributed by atoms with Crippen LogP contribution in [0, 0.1) is 0 Å². The Bertz CT molecular complexity index is 838. The second-order valence-corrected chi connectivity index (χ2v) is 7.17. The Morgan fingerprint density at radius 1 is 1.14 bits per heavy atom. The van der Waals surface area contributed by atoms with E-state index in [4.69, 9.17) is 21.7 Å². The monoisotopic (exact) mass is 413 g/mol. The van der Waals surface area contributed by atoms with Crippen molar-refractivity contribution in [2.24, 2.45) is 0 Å². The number of anilines is 1. The third kappa shape index (κ3) is 6.52. The van der Waals surface area contributed by atoms with E-state index >= 15 is 0 Å². The summed E-state index contributed by atoms with van der Waals surface area (Å²) >= 11 is 5.43. The van der Waals surface area contributed by atoms with Crippen LogP contribution in [0.5, 0.6) is 0 Å². The number of thiocarbonyl (C=S) groups is 1. The number of nitrogens with zero attached hydrogens (tertiary/aromatic N) is 1. The van der Waals surface area contributed by atoms with E-state index in [0.29, 0.717) is 23.8 Å². The SMILES string of the molecule is CCOC(=O)c1cccc(NC(=S)NCc2ccccc2CN2CCOCC2)c1. The zero-order chi connectivity index (χ0) is 20.5. The maximum absolute atomic E-state index is 11.9. The van der Waals surface area contributed by atoms with Gasteiger partial charge in [-0.3, -0.25) is 4.90 Å². The van der Waals surface area contributed by atoms with Gasteiger partial charge in [0.25, 0.3) is 0 Å². The van der Waals surface area contributed by atoms with Crippen LogP contribution in [0.15, 0.2) is 48.5 Å². The molecule has 0 amide bonds. The van der Waals surface area contributed by atoms with Crippen molar-refractivity contribution in [1.82, 2.24) is 10.2 Å². The molecule has 1 fully saturated rings. The van der Waals surface area contributed by atoms with Gasteiger partial charge in [0.1, 0.15) is 0 Å². The largest absolute Gasteiger partial charge is 0.462 e. The average molecular weight is 414 g/mol. The van der Waals surface area contributed by atoms with Gasteiger partial charge in [0.15, 0.2) is 5.11 Å². The Balaban J connectivity index is 1.56. The maximum Gasteiger partial charge on any atom is 0.338 e. The summed E-state index contributed by atoms with van der Waals surface area (Å²) in [6.07, 6.45) is 0. The molecule has 0 radical (unpaired) electrons. The second-order valence-electron chi connectivity index (χ2n) is 6.77. The zero-order valence-electron chi connectivity index (χ0n) is 16.6. The number of carbonyl (C=O) groups is 1. The normalized spacial score (nSPS) is 14.2. The molecule has 1 aliphatic heterocycles. The van der Waals surface area contributed by atoms with Gasteiger partial charge in [-0.1, -0.05) is 30.3 Å². The van der Waals surface area contributed by atoms with E-state index in [0.717, 1.165) is 38.5 Å². The fourth-order valence-electron chi connectivity index (χ4n) is 3.17. The number of esters is 1. The molecular weight excluding hydrogens is 386 g/mol. The predicted octanol–water partition coefficient (Wildman–Crippen LogP) is 3.18. The summed E-state index contributed by atoms with van der Waals surface area (Å²) in [6.45, 7) is 7.17. The van der Waals surface area contributed by atoms with Crippen LogP contribution in [-0.4, -0.2) is 48.9 Å². The number of nitrogens with one attached hydrogen (secondary N) is 2. The molecule has 0 spiro atoms. The molecule has 0 atom stereocenters. The van der Waals surface area contributed by atoms with Crippen LogP contribution in [-0.2, 0) is 22.6 Å². The molecule has 0 unspecified atom stereocenters. The Morgan fingerprint density at radius 2 is 1.90 bits per heavy atom. The number of hydrogen-bond acceptors (Lipinski definition) is 5. The van der Waals surface area contributed by atoms with E-state index in [-0.39, 0.29) is 5.97 Å². The molecular formula is C22H27N3O3S. The summed E-state index contributed by atoms with van der Waals surface area (Å²) in [4.78, 5) is 14.3. The maximum atomic E-state index is 11.9. The highest BCUT2D eigenvalue weighted by atomic mass is 32.1. The summed E-state index contributed by atoms with van der Waals surface area (Å²) in [5.74, 6) is -0.341. The van der Waals surface area contributed by atoms with Gasteiger partial charge < -0.3 is 20.1 Å². The molecule has 0 aromatic heterocycles. The van der Waals surface area contributed by atoms with Crippen molar-refractivity contribution in [3.8, 4) is 0 Å². The second kappa shape index (κ2) is 10.9. The van der Waals surface area contributed by atoms with Gasteiger partial charge in [0.05, 0.1) is 25.4 Å². The van der Waals surface area contributed by atoms with E-state index in [1.807, 2.05) is 12.1 Å². The van der Waals surface area contributed by atoms with E-state index in [2.05, 4.69) is 33.7 Å². The van der Waals surface area contributed by atoms with Crippen molar-refractivity contribution in [3.63, 3.8) is 0 Å². The first-order valence-electron chi connectivity index (χ1n) is 9.84. The Kier molecular flexibility index (Phi) is 7.98. The standard InChI is InChI=1S/C22H27N3O3S/c1-2-28-21(26)17-8-5-9-20(14-17)24-22(29)23-15-18-6-3-4-7-19(18)16-25-10-12-27-13-11-25/h3-9,14H,2,10-13,15-16H2,1H3,(H2,23,24,29). The van der Waals surface area contributed by atoms with Crippen LogP contribution in [0.2, 0.25) is 0 Å². The summed E-state index contributed by atoms with van der Waals surface area (Å²) in [6, 6.07) is 15.5. The molecule has 1 aliphatic rings. The van der Waals surface area contributed by atoms with Gasteiger partial charge in [-0.15, -0.1) is 0 Å². The molecule has 3 rings (SSSR count). The molecule has 0 aliphatic carbocycles. The summed E-state index contributed by atoms with van der Waals surface area (Å²) in [5.41, 5.74) is 3.74. The highest BCUT2D eigenvalue weighted by Gasteiger charge is 2.13. The minimum atomic E-state index is -0.341. The highest BCUT2D eigenvalue weighted by Crippen LogP contribution is 2.14. The first-order chi connectivity index (χ1) is 14.2. The molecule has 1 saturated heterocycles. The van der Waals surface area contributed by atoms with Gasteiger partial charge in [-0.05, 0) is 48.5 Å². The van der Waals surface area contributed by atoms with Crippen LogP contribution in [0.25, 0.3) is 0 Å². The van der Waals surface area contributed by atoms with E-state index in [9.17, 15) is 4.79 Å². The lowest BCUT2D eigenvalue weighted by atomic mass is 10.1. The lowest BCUT2D eigenvalue weighted by molar-refractivity contribution is 0.0341. The summed E-state index contributed by atoms with van der Waals surface area (Å²) in [7, 11) is 0. The van der Waals surface area contributed by atoms with Crippen LogP contribution in [0.1, 0.15) is 28.4 Å². The number of benzene rings is 2. The summed E-state index contributed by atoms with van der Waals surface area (Å²) < 4.78 is 10.5. The molecule has 2 aromatic rings. The van der Waals surface area contributed by atoms with Crippen molar-refractivity contribution in [1.29, 1.82) is 0 Å². The molecule has 29 heavy (non-hydrogen) atoms. The number of hydrogen-bond donors (Lipinski definition) is 2. The third-order valence-corrected chi connectivity index (χ3v) is 4.93. The zero-order valence-corrected chi connectivity index (χ0v) is 17.5. The number of rotatable bonds is 7. The molecule has 7 heteroatoms. The molecule has 0 saturated carbocycles. The minimum absolute atomic E-state index is 0.341. The van der Waals surface area contributed by atoms with Crippen molar-refractivity contribution in [3.05, 3.63) is 65.2 Å². The fourth-order valence-corrected chi connectivity index (χ4v) is 3.36. The van der Waals surface area contributed by atoms with E-state index in [1.165, 1.54) is 11.1 Å². The van der Waals surface area contributed by atoms with Crippen LogP contribution < -0.4 is 10.6 Å². The molecule has 2 aromatic carbocycles. The van der Waals surface area contributed by atoms with E-state index < -0.39 is 0 Å². The number of ether oxygens (including phenoxy) is 2. The third-order valence-electron chi connectivity index (χ3n) is 4.69. The van der Waals surface area contributed by atoms with Gasteiger partial charge in [0.2, 0.25) is 0 Å². The summed E-state index contributed by atoms with van der Waals surface area (Å²) in [5, 5.41) is 6.90. The van der Waals surface area contributed by atoms with E-state index in [1.54, 1.807) is 25.1 Å². The molecule has 154 valence electrons. The molecule has 0 bridgehead atoms. The highest BCUT2D eigenvalue weighted by molar-refractivity contribution is 7.80. The predicted molar refractivity (Wildman–Crippen MR) is 118 cm³/mol. The average Bonchev–Trinajstić information content (AvgIpc) is 2.74. The first-order valence-corrected chi connectivity index (χ1v) is 10.3. The lowest BCUT2D eigenvalue weighted by Gasteiger charge is -2.27. The molecule has 2 N–H and O–H groups in total. The lowest BCUT2D eigenvalue weighted by Crippen LogP contribution is -2.36. The first kappa shape index (κ1) is 21.2. The number of morpholine rings is 1.